The molecule has 0 aromatic rings. The highest BCUT2D eigenvalue weighted by Crippen LogP contribution is 2.25. The van der Waals surface area contributed by atoms with Crippen molar-refractivity contribution in [1.29, 1.82) is 0 Å². The van der Waals surface area contributed by atoms with Crippen LogP contribution in [-0.2, 0) is 9.53 Å². The van der Waals surface area contributed by atoms with Crippen molar-refractivity contribution in [1.82, 2.24) is 10.2 Å². The Morgan fingerprint density at radius 1 is 1.29 bits per heavy atom. The zero-order chi connectivity index (χ0) is 15.3. The summed E-state index contributed by atoms with van der Waals surface area (Å²) in [4.78, 5) is 14.1. The predicted octanol–water partition coefficient (Wildman–Crippen LogP) is 1.26. The Kier molecular flexibility index (Phi) is 6.02. The smallest absolute Gasteiger partial charge is 0.237 e. The molecule has 1 atom stereocenters. The van der Waals surface area contributed by atoms with Crippen molar-refractivity contribution in [3.05, 3.63) is 0 Å². The van der Waals surface area contributed by atoms with Gasteiger partial charge in [-0.1, -0.05) is 0 Å². The molecular formula is C16H31N3O2. The van der Waals surface area contributed by atoms with Crippen LogP contribution in [-0.4, -0.2) is 55.2 Å². The van der Waals surface area contributed by atoms with Gasteiger partial charge in [-0.3, -0.25) is 4.79 Å². The van der Waals surface area contributed by atoms with Crippen LogP contribution >= 0.6 is 0 Å². The van der Waals surface area contributed by atoms with Crippen molar-refractivity contribution < 1.29 is 9.53 Å². The van der Waals surface area contributed by atoms with E-state index >= 15 is 0 Å². The SMILES string of the molecule is CN(CCCCC(C)(NC1CC1)C(N)=O)C1CCOCC1. The molecule has 2 fully saturated rings. The Bertz CT molecular complexity index is 340. The molecule has 1 saturated heterocycles. The predicted molar refractivity (Wildman–Crippen MR) is 84.1 cm³/mol. The second kappa shape index (κ2) is 7.56. The van der Waals surface area contributed by atoms with Gasteiger partial charge in [0.25, 0.3) is 0 Å². The molecule has 5 nitrogen and oxygen atoms in total. The number of unbranched alkanes of at least 4 members (excludes halogenated alkanes) is 1. The highest BCUT2D eigenvalue weighted by molar-refractivity contribution is 5.84. The standard InChI is InChI=1S/C16H31N3O2/c1-16(15(17)20,18-13-5-6-13)9-3-4-10-19(2)14-7-11-21-12-8-14/h13-14,18H,3-12H2,1-2H3,(H2,17,20). The summed E-state index contributed by atoms with van der Waals surface area (Å²) in [7, 11) is 2.20. The van der Waals surface area contributed by atoms with Gasteiger partial charge in [0.2, 0.25) is 5.91 Å². The van der Waals surface area contributed by atoms with Gasteiger partial charge in [0, 0.05) is 25.3 Å². The highest BCUT2D eigenvalue weighted by Gasteiger charge is 2.36. The van der Waals surface area contributed by atoms with Crippen LogP contribution in [0.1, 0.15) is 51.9 Å². The Morgan fingerprint density at radius 3 is 2.52 bits per heavy atom. The minimum absolute atomic E-state index is 0.216. The minimum Gasteiger partial charge on any atom is -0.381 e. The average Bonchev–Trinajstić information content (AvgIpc) is 3.28. The quantitative estimate of drug-likeness (QED) is 0.629. The number of rotatable bonds is 9. The number of carbonyl (C=O) groups excluding carboxylic acids is 1. The fourth-order valence-corrected chi connectivity index (χ4v) is 3.09. The molecule has 0 bridgehead atoms. The lowest BCUT2D eigenvalue weighted by atomic mass is 9.93. The van der Waals surface area contributed by atoms with Gasteiger partial charge in [0.05, 0.1) is 5.54 Å². The van der Waals surface area contributed by atoms with Crippen LogP contribution < -0.4 is 11.1 Å². The van der Waals surface area contributed by atoms with Crippen LogP contribution in [0, 0.1) is 0 Å². The zero-order valence-electron chi connectivity index (χ0n) is 13.6. The Morgan fingerprint density at radius 2 is 1.95 bits per heavy atom. The summed E-state index contributed by atoms with van der Waals surface area (Å²) in [6, 6.07) is 1.17. The van der Waals surface area contributed by atoms with Gasteiger partial charge in [-0.05, 0) is 65.5 Å². The molecule has 122 valence electrons. The first-order valence-electron chi connectivity index (χ1n) is 8.37. The summed E-state index contributed by atoms with van der Waals surface area (Å²) in [6.07, 6.45) is 7.61. The van der Waals surface area contributed by atoms with Gasteiger partial charge >= 0.3 is 0 Å². The average molecular weight is 297 g/mol. The van der Waals surface area contributed by atoms with Gasteiger partial charge in [-0.2, -0.15) is 0 Å². The van der Waals surface area contributed by atoms with E-state index in [0.29, 0.717) is 12.1 Å². The Balaban J connectivity index is 1.65. The lowest BCUT2D eigenvalue weighted by Crippen LogP contribution is -2.54. The maximum atomic E-state index is 11.7. The van der Waals surface area contributed by atoms with Crippen molar-refractivity contribution in [3.63, 3.8) is 0 Å². The summed E-state index contributed by atoms with van der Waals surface area (Å²) in [5.41, 5.74) is 5.05. The molecule has 1 aliphatic carbocycles. The molecule has 2 aliphatic rings. The molecule has 1 saturated carbocycles. The minimum atomic E-state index is -0.529. The van der Waals surface area contributed by atoms with E-state index in [9.17, 15) is 4.79 Å². The second-order valence-electron chi connectivity index (χ2n) is 6.90. The van der Waals surface area contributed by atoms with E-state index in [2.05, 4.69) is 17.3 Å². The maximum Gasteiger partial charge on any atom is 0.237 e. The molecular weight excluding hydrogens is 266 g/mol. The number of hydrogen-bond donors (Lipinski definition) is 2. The molecule has 1 heterocycles. The molecule has 21 heavy (non-hydrogen) atoms. The molecule has 0 aromatic heterocycles. The van der Waals surface area contributed by atoms with Gasteiger partial charge in [0.15, 0.2) is 0 Å². The molecule has 1 unspecified atom stereocenters. The summed E-state index contributed by atoms with van der Waals surface area (Å²) < 4.78 is 5.40. The number of nitrogens with zero attached hydrogens (tertiary/aromatic N) is 1. The lowest BCUT2D eigenvalue weighted by molar-refractivity contribution is -0.124. The van der Waals surface area contributed by atoms with E-state index in [1.807, 2.05) is 6.92 Å². The summed E-state index contributed by atoms with van der Waals surface area (Å²) in [5.74, 6) is -0.216. The van der Waals surface area contributed by atoms with Crippen molar-refractivity contribution in [2.75, 3.05) is 26.8 Å². The molecule has 5 heteroatoms. The van der Waals surface area contributed by atoms with E-state index in [-0.39, 0.29) is 5.91 Å². The fraction of sp³-hybridized carbons (Fsp3) is 0.938. The molecule has 3 N–H and O–H groups in total. The first kappa shape index (κ1) is 16.7. The second-order valence-corrected chi connectivity index (χ2v) is 6.90. The van der Waals surface area contributed by atoms with Gasteiger partial charge < -0.3 is 20.7 Å². The van der Waals surface area contributed by atoms with Gasteiger partial charge in [-0.25, -0.2) is 0 Å². The number of amides is 1. The van der Waals surface area contributed by atoms with Crippen LogP contribution in [0.15, 0.2) is 0 Å². The monoisotopic (exact) mass is 297 g/mol. The molecule has 1 aliphatic heterocycles. The van der Waals surface area contributed by atoms with Crippen LogP contribution in [0.3, 0.4) is 0 Å². The number of hydrogen-bond acceptors (Lipinski definition) is 4. The number of primary amides is 1. The third-order valence-electron chi connectivity index (χ3n) is 4.90. The molecule has 0 spiro atoms. The number of ether oxygens (including phenoxy) is 1. The molecule has 0 radical (unpaired) electrons. The molecule has 2 rings (SSSR count). The van der Waals surface area contributed by atoms with Crippen LogP contribution in [0.4, 0.5) is 0 Å². The normalized spacial score (nSPS) is 23.2. The van der Waals surface area contributed by atoms with Crippen molar-refractivity contribution in [3.8, 4) is 0 Å². The van der Waals surface area contributed by atoms with Crippen LogP contribution in [0.2, 0.25) is 0 Å². The number of nitrogens with two attached hydrogens (primary N) is 1. The van der Waals surface area contributed by atoms with E-state index in [1.54, 1.807) is 0 Å². The highest BCUT2D eigenvalue weighted by atomic mass is 16.5. The topological polar surface area (TPSA) is 67.6 Å². The molecule has 0 aromatic carbocycles. The third kappa shape index (κ3) is 5.24. The largest absolute Gasteiger partial charge is 0.381 e. The first-order chi connectivity index (χ1) is 10.0. The van der Waals surface area contributed by atoms with Gasteiger partial charge in [0.1, 0.15) is 0 Å². The zero-order valence-corrected chi connectivity index (χ0v) is 13.6. The Labute approximate surface area is 128 Å². The van der Waals surface area contributed by atoms with Crippen molar-refractivity contribution >= 4 is 5.91 Å². The summed E-state index contributed by atoms with van der Waals surface area (Å²) in [6.45, 7) is 4.82. The first-order valence-corrected chi connectivity index (χ1v) is 8.37. The molecule has 1 amide bonds. The fourth-order valence-electron chi connectivity index (χ4n) is 3.09. The van der Waals surface area contributed by atoms with E-state index in [4.69, 9.17) is 10.5 Å². The van der Waals surface area contributed by atoms with Crippen molar-refractivity contribution in [2.24, 2.45) is 5.73 Å². The van der Waals surface area contributed by atoms with E-state index < -0.39 is 5.54 Å². The lowest BCUT2D eigenvalue weighted by Gasteiger charge is -2.32. The van der Waals surface area contributed by atoms with E-state index in [0.717, 1.165) is 51.9 Å². The summed E-state index contributed by atoms with van der Waals surface area (Å²) >= 11 is 0. The van der Waals surface area contributed by atoms with Crippen molar-refractivity contribution in [2.45, 2.75) is 69.5 Å². The number of nitrogens with one attached hydrogen (secondary N) is 1. The number of carbonyl (C=O) groups is 1. The maximum absolute atomic E-state index is 11.7. The third-order valence-corrected chi connectivity index (χ3v) is 4.90. The Hall–Kier alpha value is -0.650. The van der Waals surface area contributed by atoms with Gasteiger partial charge in [-0.15, -0.1) is 0 Å². The summed E-state index contributed by atoms with van der Waals surface area (Å²) in [5, 5.41) is 3.41. The van der Waals surface area contributed by atoms with E-state index in [1.165, 1.54) is 12.8 Å². The van der Waals surface area contributed by atoms with Crippen LogP contribution in [0.5, 0.6) is 0 Å². The van der Waals surface area contributed by atoms with Crippen LogP contribution in [0.25, 0.3) is 0 Å².